The molecule has 0 fully saturated rings. The summed E-state index contributed by atoms with van der Waals surface area (Å²) in [5.74, 6) is -0.732. The number of nitrogens with two attached hydrogens (primary N) is 3. The molecular weight excluding hydrogens is 320 g/mol. The Labute approximate surface area is 145 Å². The predicted octanol–water partition coefficient (Wildman–Crippen LogP) is 0.124. The van der Waals surface area contributed by atoms with Crippen molar-refractivity contribution in [2.24, 2.45) is 22.2 Å². The van der Waals surface area contributed by atoms with Crippen LogP contribution in [0.5, 0.6) is 0 Å². The lowest BCUT2D eigenvalue weighted by molar-refractivity contribution is -0.127. The number of aromatic nitrogens is 1. The van der Waals surface area contributed by atoms with Gasteiger partial charge in [-0.25, -0.2) is 0 Å². The predicted molar refractivity (Wildman–Crippen MR) is 97.7 cm³/mol. The number of hydrogen-bond acceptors (Lipinski definition) is 3. The van der Waals surface area contributed by atoms with E-state index in [2.05, 4.69) is 15.3 Å². The van der Waals surface area contributed by atoms with Crippen LogP contribution in [0.4, 0.5) is 0 Å². The van der Waals surface area contributed by atoms with Gasteiger partial charge in [-0.1, -0.05) is 18.2 Å². The van der Waals surface area contributed by atoms with Gasteiger partial charge in [-0.2, -0.15) is 0 Å². The molecule has 0 saturated carbocycles. The quantitative estimate of drug-likeness (QED) is 0.249. The van der Waals surface area contributed by atoms with E-state index in [1.165, 1.54) is 0 Å². The number of carbonyl (C=O) groups excluding carboxylic acids is 2. The molecule has 134 valence electrons. The van der Waals surface area contributed by atoms with Crippen molar-refractivity contribution in [1.29, 1.82) is 0 Å². The van der Waals surface area contributed by atoms with Crippen LogP contribution < -0.4 is 22.5 Å². The molecule has 0 aliphatic carbocycles. The zero-order chi connectivity index (χ0) is 18.2. The highest BCUT2D eigenvalue weighted by Gasteiger charge is 2.19. The second kappa shape index (κ2) is 8.72. The zero-order valence-corrected chi connectivity index (χ0v) is 14.0. The number of hydrogen-bond donors (Lipinski definition) is 5. The number of nitrogens with one attached hydrogen (secondary N) is 2. The van der Waals surface area contributed by atoms with Crippen molar-refractivity contribution in [2.75, 3.05) is 6.54 Å². The molecule has 1 aromatic carbocycles. The number of aromatic amines is 1. The first-order chi connectivity index (χ1) is 12.0. The van der Waals surface area contributed by atoms with Crippen LogP contribution in [-0.2, 0) is 16.0 Å². The Morgan fingerprint density at radius 3 is 2.64 bits per heavy atom. The molecule has 1 heterocycles. The van der Waals surface area contributed by atoms with E-state index in [0.29, 0.717) is 25.8 Å². The Morgan fingerprint density at radius 2 is 1.92 bits per heavy atom. The zero-order valence-electron chi connectivity index (χ0n) is 14.0. The number of carbonyl (C=O) groups is 2. The summed E-state index contributed by atoms with van der Waals surface area (Å²) in [6.45, 7) is 0.476. The number of guanidine groups is 1. The molecule has 25 heavy (non-hydrogen) atoms. The number of unbranched alkanes of at least 4 members (excludes halogenated alkanes) is 1. The molecule has 2 amide bonds. The number of fused-ring (bicyclic) bond motifs is 1. The van der Waals surface area contributed by atoms with Crippen LogP contribution in [0.2, 0.25) is 0 Å². The molecule has 0 spiro atoms. The Balaban J connectivity index is 1.89. The standard InChI is InChI=1S/C17H24N6O2/c18-16(25)14(23-15(24)7-3-4-8-21-17(19)20)9-11-10-22-13-6-2-1-5-12(11)13/h1-2,5-6,10,14,22H,3-4,7-9H2,(H2,18,25)(H,23,24)(H4,19,20,21)/t14-/m0/s1. The molecule has 2 rings (SSSR count). The first-order valence-electron chi connectivity index (χ1n) is 8.16. The van der Waals surface area contributed by atoms with Gasteiger partial charge in [-0.05, 0) is 24.5 Å². The molecule has 0 aliphatic rings. The molecule has 8 nitrogen and oxygen atoms in total. The maximum absolute atomic E-state index is 12.0. The van der Waals surface area contributed by atoms with Crippen LogP contribution in [0, 0.1) is 0 Å². The van der Waals surface area contributed by atoms with Gasteiger partial charge in [-0.15, -0.1) is 0 Å². The fourth-order valence-corrected chi connectivity index (χ4v) is 2.62. The monoisotopic (exact) mass is 344 g/mol. The lowest BCUT2D eigenvalue weighted by Gasteiger charge is -2.15. The van der Waals surface area contributed by atoms with E-state index in [1.54, 1.807) is 0 Å². The minimum atomic E-state index is -0.746. The average molecular weight is 344 g/mol. The molecular formula is C17H24N6O2. The Kier molecular flexibility index (Phi) is 6.39. The number of amides is 2. The van der Waals surface area contributed by atoms with Gasteiger partial charge in [0.25, 0.3) is 0 Å². The molecule has 2 aromatic rings. The number of rotatable bonds is 9. The lowest BCUT2D eigenvalue weighted by atomic mass is 10.0. The average Bonchev–Trinajstić information content (AvgIpc) is 2.97. The summed E-state index contributed by atoms with van der Waals surface area (Å²) >= 11 is 0. The van der Waals surface area contributed by atoms with E-state index >= 15 is 0 Å². The second-order valence-electron chi connectivity index (χ2n) is 5.85. The first-order valence-corrected chi connectivity index (χ1v) is 8.16. The Morgan fingerprint density at radius 1 is 1.16 bits per heavy atom. The van der Waals surface area contributed by atoms with Crippen molar-refractivity contribution < 1.29 is 9.59 Å². The maximum Gasteiger partial charge on any atom is 0.240 e. The molecule has 0 unspecified atom stereocenters. The van der Waals surface area contributed by atoms with Crippen LogP contribution in [0.25, 0.3) is 10.9 Å². The van der Waals surface area contributed by atoms with Gasteiger partial charge < -0.3 is 27.5 Å². The highest BCUT2D eigenvalue weighted by Crippen LogP contribution is 2.19. The van der Waals surface area contributed by atoms with Gasteiger partial charge in [0.1, 0.15) is 6.04 Å². The van der Waals surface area contributed by atoms with E-state index in [4.69, 9.17) is 17.2 Å². The highest BCUT2D eigenvalue weighted by atomic mass is 16.2. The number of benzene rings is 1. The second-order valence-corrected chi connectivity index (χ2v) is 5.85. The normalized spacial score (nSPS) is 11.8. The van der Waals surface area contributed by atoms with Gasteiger partial charge in [-0.3, -0.25) is 14.6 Å². The number of primary amides is 1. The summed E-state index contributed by atoms with van der Waals surface area (Å²) < 4.78 is 0. The van der Waals surface area contributed by atoms with Crippen molar-refractivity contribution in [3.63, 3.8) is 0 Å². The van der Waals surface area contributed by atoms with Crippen molar-refractivity contribution in [2.45, 2.75) is 31.7 Å². The molecule has 0 saturated heterocycles. The van der Waals surface area contributed by atoms with Crippen molar-refractivity contribution in [1.82, 2.24) is 10.3 Å². The van der Waals surface area contributed by atoms with E-state index in [-0.39, 0.29) is 18.3 Å². The van der Waals surface area contributed by atoms with Crippen LogP contribution >= 0.6 is 0 Å². The molecule has 0 bridgehead atoms. The SMILES string of the molecule is NC(=O)[C@H](Cc1c[nH]c2ccccc12)NC(=O)CCCCN=C(N)N. The Bertz CT molecular complexity index is 763. The van der Waals surface area contributed by atoms with E-state index in [1.807, 2.05) is 30.5 Å². The summed E-state index contributed by atoms with van der Waals surface area (Å²) in [5, 5.41) is 3.72. The molecule has 8 N–H and O–H groups in total. The Hall–Kier alpha value is -3.03. The van der Waals surface area contributed by atoms with E-state index in [9.17, 15) is 9.59 Å². The summed E-state index contributed by atoms with van der Waals surface area (Å²) in [6, 6.07) is 7.02. The first kappa shape index (κ1) is 18.3. The number of H-pyrrole nitrogens is 1. The third-order valence-electron chi connectivity index (χ3n) is 3.88. The third-order valence-corrected chi connectivity index (χ3v) is 3.88. The summed E-state index contributed by atoms with van der Waals surface area (Å²) in [7, 11) is 0. The van der Waals surface area contributed by atoms with Gasteiger partial charge in [0, 0.05) is 36.5 Å². The van der Waals surface area contributed by atoms with E-state index in [0.717, 1.165) is 16.5 Å². The van der Waals surface area contributed by atoms with Gasteiger partial charge >= 0.3 is 0 Å². The summed E-state index contributed by atoms with van der Waals surface area (Å²) in [4.78, 5) is 30.7. The van der Waals surface area contributed by atoms with Crippen LogP contribution in [0.3, 0.4) is 0 Å². The van der Waals surface area contributed by atoms with Gasteiger partial charge in [0.05, 0.1) is 0 Å². The largest absolute Gasteiger partial charge is 0.370 e. The molecule has 1 atom stereocenters. The topological polar surface area (TPSA) is 152 Å². The number of nitrogens with zero attached hydrogens (tertiary/aromatic N) is 1. The molecule has 0 radical (unpaired) electrons. The van der Waals surface area contributed by atoms with Crippen LogP contribution in [0.1, 0.15) is 24.8 Å². The molecule has 1 aromatic heterocycles. The lowest BCUT2D eigenvalue weighted by Crippen LogP contribution is -2.45. The number of para-hydroxylation sites is 1. The third kappa shape index (κ3) is 5.52. The molecule has 8 heteroatoms. The van der Waals surface area contributed by atoms with Crippen molar-refractivity contribution in [3.05, 3.63) is 36.0 Å². The van der Waals surface area contributed by atoms with Crippen LogP contribution in [-0.4, -0.2) is 35.3 Å². The highest BCUT2D eigenvalue weighted by molar-refractivity contribution is 5.88. The van der Waals surface area contributed by atoms with Gasteiger partial charge in [0.15, 0.2) is 5.96 Å². The van der Waals surface area contributed by atoms with E-state index < -0.39 is 11.9 Å². The minimum Gasteiger partial charge on any atom is -0.370 e. The summed E-state index contributed by atoms with van der Waals surface area (Å²) in [6.07, 6.45) is 3.79. The fraction of sp³-hybridized carbons (Fsp3) is 0.353. The smallest absolute Gasteiger partial charge is 0.240 e. The van der Waals surface area contributed by atoms with Gasteiger partial charge in [0.2, 0.25) is 11.8 Å². The maximum atomic E-state index is 12.0. The van der Waals surface area contributed by atoms with Crippen molar-refractivity contribution in [3.8, 4) is 0 Å². The van der Waals surface area contributed by atoms with Crippen LogP contribution in [0.15, 0.2) is 35.5 Å². The number of aliphatic imine (C=N–C) groups is 1. The minimum absolute atomic E-state index is 0.0389. The fourth-order valence-electron chi connectivity index (χ4n) is 2.62. The van der Waals surface area contributed by atoms with Crippen molar-refractivity contribution >= 4 is 28.7 Å². The summed E-state index contributed by atoms with van der Waals surface area (Å²) in [5.41, 5.74) is 17.8. The molecule has 0 aliphatic heterocycles.